The van der Waals surface area contributed by atoms with Crippen molar-refractivity contribution in [1.82, 2.24) is 15.4 Å². The third kappa shape index (κ3) is 2.64. The zero-order chi connectivity index (χ0) is 11.4. The molecular weight excluding hydrogens is 222 g/mol. The molecule has 0 radical (unpaired) electrons. The van der Waals surface area contributed by atoms with Crippen molar-refractivity contribution < 1.29 is 4.21 Å². The summed E-state index contributed by atoms with van der Waals surface area (Å²) in [7, 11) is -0.922. The first-order valence-corrected chi connectivity index (χ1v) is 6.29. The summed E-state index contributed by atoms with van der Waals surface area (Å²) in [5.74, 6) is 0. The SMILES string of the molecule is CS(=O)c1ccc(C=Cc2cn[nH]n2)cc1. The average Bonchev–Trinajstić information content (AvgIpc) is 2.80. The lowest BCUT2D eigenvalue weighted by Gasteiger charge is -1.96. The summed E-state index contributed by atoms with van der Waals surface area (Å²) in [5, 5.41) is 10.1. The second-order valence-corrected chi connectivity index (χ2v) is 4.63. The van der Waals surface area contributed by atoms with E-state index in [0.717, 1.165) is 16.2 Å². The molecule has 1 N–H and O–H groups in total. The van der Waals surface area contributed by atoms with Gasteiger partial charge >= 0.3 is 0 Å². The summed E-state index contributed by atoms with van der Waals surface area (Å²) in [5.41, 5.74) is 1.82. The second kappa shape index (κ2) is 4.85. The molecule has 2 rings (SSSR count). The molecule has 2 aromatic rings. The van der Waals surface area contributed by atoms with Crippen LogP contribution in [0.1, 0.15) is 11.3 Å². The van der Waals surface area contributed by atoms with Crippen LogP contribution in [0.5, 0.6) is 0 Å². The van der Waals surface area contributed by atoms with Crippen LogP contribution in [0.3, 0.4) is 0 Å². The fraction of sp³-hybridized carbons (Fsp3) is 0.0909. The van der Waals surface area contributed by atoms with Crippen molar-refractivity contribution in [3.05, 3.63) is 41.7 Å². The van der Waals surface area contributed by atoms with Crippen molar-refractivity contribution in [2.45, 2.75) is 4.90 Å². The predicted octanol–water partition coefficient (Wildman–Crippen LogP) is 1.71. The zero-order valence-corrected chi connectivity index (χ0v) is 9.57. The van der Waals surface area contributed by atoms with Gasteiger partial charge in [-0.1, -0.05) is 18.2 Å². The van der Waals surface area contributed by atoms with Crippen LogP contribution in [0.4, 0.5) is 0 Å². The fourth-order valence-corrected chi connectivity index (χ4v) is 1.76. The van der Waals surface area contributed by atoms with Gasteiger partial charge in [0.15, 0.2) is 0 Å². The van der Waals surface area contributed by atoms with Gasteiger partial charge in [-0.25, -0.2) is 0 Å². The van der Waals surface area contributed by atoms with E-state index in [1.807, 2.05) is 36.4 Å². The summed E-state index contributed by atoms with van der Waals surface area (Å²) in [6.07, 6.45) is 7.10. The van der Waals surface area contributed by atoms with Gasteiger partial charge in [0.1, 0.15) is 5.69 Å². The number of benzene rings is 1. The lowest BCUT2D eigenvalue weighted by molar-refractivity contribution is 0.687. The number of hydrogen-bond donors (Lipinski definition) is 1. The summed E-state index contributed by atoms with van der Waals surface area (Å²) in [6.45, 7) is 0. The Morgan fingerprint density at radius 1 is 1.25 bits per heavy atom. The largest absolute Gasteiger partial charge is 0.255 e. The van der Waals surface area contributed by atoms with Crippen LogP contribution in [-0.2, 0) is 10.8 Å². The molecule has 1 atom stereocenters. The molecule has 1 aromatic heterocycles. The van der Waals surface area contributed by atoms with E-state index in [1.54, 1.807) is 12.5 Å². The highest BCUT2D eigenvalue weighted by atomic mass is 32.2. The van der Waals surface area contributed by atoms with Crippen LogP contribution >= 0.6 is 0 Å². The number of nitrogens with one attached hydrogen (secondary N) is 1. The van der Waals surface area contributed by atoms with Crippen LogP contribution in [0, 0.1) is 0 Å². The third-order valence-electron chi connectivity index (χ3n) is 2.09. The normalized spacial score (nSPS) is 13.1. The maximum Gasteiger partial charge on any atom is 0.105 e. The molecule has 82 valence electrons. The van der Waals surface area contributed by atoms with Crippen LogP contribution in [-0.4, -0.2) is 25.9 Å². The lowest BCUT2D eigenvalue weighted by atomic mass is 10.2. The molecule has 0 fully saturated rings. The molecule has 1 unspecified atom stereocenters. The van der Waals surface area contributed by atoms with Crippen LogP contribution in [0.25, 0.3) is 12.2 Å². The predicted molar refractivity (Wildman–Crippen MR) is 64.1 cm³/mol. The monoisotopic (exact) mass is 233 g/mol. The Balaban J connectivity index is 2.14. The quantitative estimate of drug-likeness (QED) is 0.878. The van der Waals surface area contributed by atoms with Crippen molar-refractivity contribution in [2.75, 3.05) is 6.26 Å². The number of rotatable bonds is 3. The number of H-pyrrole nitrogens is 1. The second-order valence-electron chi connectivity index (χ2n) is 3.25. The van der Waals surface area contributed by atoms with E-state index in [-0.39, 0.29) is 0 Å². The van der Waals surface area contributed by atoms with E-state index >= 15 is 0 Å². The summed E-state index contributed by atoms with van der Waals surface area (Å²) in [6, 6.07) is 7.57. The molecule has 0 aliphatic carbocycles. The highest BCUT2D eigenvalue weighted by Gasteiger charge is 1.95. The first-order chi connectivity index (χ1) is 7.75. The molecule has 0 bridgehead atoms. The van der Waals surface area contributed by atoms with Gasteiger partial charge in [-0.3, -0.25) is 4.21 Å². The topological polar surface area (TPSA) is 58.6 Å². The maximum absolute atomic E-state index is 11.2. The van der Waals surface area contributed by atoms with Crippen molar-refractivity contribution in [3.8, 4) is 0 Å². The van der Waals surface area contributed by atoms with E-state index < -0.39 is 10.8 Å². The number of aromatic nitrogens is 3. The van der Waals surface area contributed by atoms with Gasteiger partial charge < -0.3 is 0 Å². The van der Waals surface area contributed by atoms with E-state index in [2.05, 4.69) is 15.4 Å². The standard InChI is InChI=1S/C11H11N3OS/c1-16(15)11-6-3-9(4-7-11)2-5-10-8-12-14-13-10/h2-8H,1H3,(H,12,13,14). The molecule has 0 amide bonds. The van der Waals surface area contributed by atoms with Gasteiger partial charge in [0.2, 0.25) is 0 Å². The minimum atomic E-state index is -0.922. The minimum absolute atomic E-state index is 0.781. The Morgan fingerprint density at radius 3 is 2.56 bits per heavy atom. The molecular formula is C11H11N3OS. The van der Waals surface area contributed by atoms with E-state index in [9.17, 15) is 4.21 Å². The smallest absolute Gasteiger partial charge is 0.105 e. The van der Waals surface area contributed by atoms with E-state index in [4.69, 9.17) is 0 Å². The third-order valence-corrected chi connectivity index (χ3v) is 3.03. The van der Waals surface area contributed by atoms with Crippen LogP contribution in [0.2, 0.25) is 0 Å². The fourth-order valence-electron chi connectivity index (χ4n) is 1.24. The van der Waals surface area contributed by atoms with E-state index in [0.29, 0.717) is 0 Å². The molecule has 0 spiro atoms. The minimum Gasteiger partial charge on any atom is -0.255 e. The highest BCUT2D eigenvalue weighted by Crippen LogP contribution is 2.10. The molecule has 16 heavy (non-hydrogen) atoms. The molecule has 0 saturated heterocycles. The molecule has 1 heterocycles. The van der Waals surface area contributed by atoms with Crippen LogP contribution in [0.15, 0.2) is 35.4 Å². The summed E-state index contributed by atoms with van der Waals surface area (Å²) >= 11 is 0. The summed E-state index contributed by atoms with van der Waals surface area (Å²) in [4.78, 5) is 0.832. The van der Waals surface area contributed by atoms with Gasteiger partial charge in [-0.2, -0.15) is 15.4 Å². The van der Waals surface area contributed by atoms with Gasteiger partial charge in [-0.05, 0) is 23.8 Å². The molecule has 0 aliphatic rings. The Labute approximate surface area is 95.9 Å². The molecule has 0 saturated carbocycles. The molecule has 5 heteroatoms. The van der Waals surface area contributed by atoms with Gasteiger partial charge in [0, 0.05) is 22.0 Å². The number of aromatic amines is 1. The number of hydrogen-bond acceptors (Lipinski definition) is 3. The van der Waals surface area contributed by atoms with Crippen molar-refractivity contribution >= 4 is 23.0 Å². The summed E-state index contributed by atoms with van der Waals surface area (Å²) < 4.78 is 11.2. The Kier molecular flexibility index (Phi) is 3.26. The molecule has 1 aromatic carbocycles. The Hall–Kier alpha value is -1.75. The first-order valence-electron chi connectivity index (χ1n) is 4.73. The van der Waals surface area contributed by atoms with Crippen molar-refractivity contribution in [3.63, 3.8) is 0 Å². The van der Waals surface area contributed by atoms with E-state index in [1.165, 1.54) is 0 Å². The Bertz CT molecular complexity index is 503. The molecule has 0 aliphatic heterocycles. The van der Waals surface area contributed by atoms with Crippen LogP contribution < -0.4 is 0 Å². The van der Waals surface area contributed by atoms with Crippen molar-refractivity contribution in [2.24, 2.45) is 0 Å². The van der Waals surface area contributed by atoms with Crippen molar-refractivity contribution in [1.29, 1.82) is 0 Å². The maximum atomic E-state index is 11.2. The molecule has 4 nitrogen and oxygen atoms in total. The van der Waals surface area contributed by atoms with Gasteiger partial charge in [0.05, 0.1) is 6.20 Å². The van der Waals surface area contributed by atoms with Gasteiger partial charge in [0.25, 0.3) is 0 Å². The van der Waals surface area contributed by atoms with Gasteiger partial charge in [-0.15, -0.1) is 0 Å². The lowest BCUT2D eigenvalue weighted by Crippen LogP contribution is -1.86. The highest BCUT2D eigenvalue weighted by molar-refractivity contribution is 7.84. The zero-order valence-electron chi connectivity index (χ0n) is 8.75. The average molecular weight is 233 g/mol. The first kappa shape index (κ1) is 10.8. The number of nitrogens with zero attached hydrogens (tertiary/aromatic N) is 2. The Morgan fingerprint density at radius 2 is 2.00 bits per heavy atom.